The van der Waals surface area contributed by atoms with Crippen LogP contribution in [-0.4, -0.2) is 15.0 Å². The molecule has 0 bridgehead atoms. The summed E-state index contributed by atoms with van der Waals surface area (Å²) in [5, 5.41) is 6.81. The standard InChI is InChI=1S/C51H29N3O2S/c1-2-12-30(13-3-1)49-52-50(31-24-26-36-35-16-6-8-22-43(35)55-44(36)28-31)54-51(53-49)32-25-27-37-40-19-10-18-39(47(40)56-45(37)29-32)33-14-4-5-15-34(33)41-20-11-21-42-38-17-7-9-23-46(38)57-48(41)42/h1-29H. The third-order valence-electron chi connectivity index (χ3n) is 11.0. The van der Waals surface area contributed by atoms with Crippen molar-refractivity contribution in [1.82, 2.24) is 15.0 Å². The van der Waals surface area contributed by atoms with Gasteiger partial charge in [-0.15, -0.1) is 11.3 Å². The minimum Gasteiger partial charge on any atom is -0.456 e. The van der Waals surface area contributed by atoms with E-state index >= 15 is 0 Å². The summed E-state index contributed by atoms with van der Waals surface area (Å²) in [4.78, 5) is 15.1. The maximum Gasteiger partial charge on any atom is 0.164 e. The lowest BCUT2D eigenvalue weighted by atomic mass is 9.92. The molecule has 0 N–H and O–H groups in total. The van der Waals surface area contributed by atoms with E-state index in [9.17, 15) is 0 Å². The van der Waals surface area contributed by atoms with Gasteiger partial charge in [-0.25, -0.2) is 15.0 Å². The molecule has 0 aliphatic carbocycles. The van der Waals surface area contributed by atoms with E-state index in [-0.39, 0.29) is 0 Å². The van der Waals surface area contributed by atoms with E-state index in [4.69, 9.17) is 23.8 Å². The summed E-state index contributed by atoms with van der Waals surface area (Å²) in [5.41, 5.74) is 10.4. The molecule has 0 aliphatic rings. The largest absolute Gasteiger partial charge is 0.456 e. The summed E-state index contributed by atoms with van der Waals surface area (Å²) in [6.07, 6.45) is 0. The number of hydrogen-bond acceptors (Lipinski definition) is 6. The molecule has 0 saturated heterocycles. The number of fused-ring (bicyclic) bond motifs is 9. The van der Waals surface area contributed by atoms with Gasteiger partial charge in [-0.1, -0.05) is 140 Å². The number of furan rings is 2. The van der Waals surface area contributed by atoms with Crippen molar-refractivity contribution < 1.29 is 8.83 Å². The maximum atomic E-state index is 6.85. The summed E-state index contributed by atoms with van der Waals surface area (Å²) < 4.78 is 15.7. The van der Waals surface area contributed by atoms with Gasteiger partial charge in [-0.3, -0.25) is 0 Å². The first-order valence-electron chi connectivity index (χ1n) is 18.9. The second-order valence-electron chi connectivity index (χ2n) is 14.3. The molecule has 6 heteroatoms. The van der Waals surface area contributed by atoms with E-state index in [1.54, 1.807) is 0 Å². The number of nitrogens with zero attached hydrogens (tertiary/aromatic N) is 3. The summed E-state index contributed by atoms with van der Waals surface area (Å²) in [7, 11) is 0. The number of para-hydroxylation sites is 2. The third kappa shape index (κ3) is 5.12. The Morgan fingerprint density at radius 3 is 1.63 bits per heavy atom. The first kappa shape index (κ1) is 31.9. The molecule has 4 aromatic heterocycles. The molecule has 12 rings (SSSR count). The smallest absolute Gasteiger partial charge is 0.164 e. The molecule has 12 aromatic rings. The van der Waals surface area contributed by atoms with Gasteiger partial charge in [-0.2, -0.15) is 0 Å². The zero-order valence-corrected chi connectivity index (χ0v) is 31.1. The molecule has 0 spiro atoms. The molecule has 0 aliphatic heterocycles. The molecule has 0 amide bonds. The van der Waals surface area contributed by atoms with Crippen LogP contribution in [0.3, 0.4) is 0 Å². The first-order valence-corrected chi connectivity index (χ1v) is 19.7. The van der Waals surface area contributed by atoms with Crippen LogP contribution in [0.15, 0.2) is 185 Å². The molecule has 57 heavy (non-hydrogen) atoms. The number of hydrogen-bond donors (Lipinski definition) is 0. The van der Waals surface area contributed by atoms with Gasteiger partial charge in [0.1, 0.15) is 22.3 Å². The van der Waals surface area contributed by atoms with Crippen LogP contribution in [0.25, 0.3) is 120 Å². The Kier molecular flexibility index (Phi) is 7.03. The third-order valence-corrected chi connectivity index (χ3v) is 12.2. The molecule has 0 unspecified atom stereocenters. The van der Waals surface area contributed by atoms with Crippen LogP contribution < -0.4 is 0 Å². The quantitative estimate of drug-likeness (QED) is 0.175. The molecular formula is C51H29N3O2S. The summed E-state index contributed by atoms with van der Waals surface area (Å²) in [5.74, 6) is 1.73. The van der Waals surface area contributed by atoms with Crippen molar-refractivity contribution in [3.8, 4) is 56.4 Å². The molecule has 0 radical (unpaired) electrons. The SMILES string of the molecule is c1ccc(-c2nc(-c3ccc4c(c3)oc3ccccc34)nc(-c3ccc4c(c3)oc3c(-c5ccccc5-c5cccc6c5sc5ccccc56)cccc34)n2)cc1. The summed E-state index contributed by atoms with van der Waals surface area (Å²) in [6.45, 7) is 0. The van der Waals surface area contributed by atoms with Gasteiger partial charge in [0.25, 0.3) is 0 Å². The maximum absolute atomic E-state index is 6.85. The van der Waals surface area contributed by atoms with Gasteiger partial charge >= 0.3 is 0 Å². The van der Waals surface area contributed by atoms with Crippen LogP contribution in [0.5, 0.6) is 0 Å². The monoisotopic (exact) mass is 747 g/mol. The summed E-state index contributed by atoms with van der Waals surface area (Å²) >= 11 is 1.85. The van der Waals surface area contributed by atoms with E-state index in [1.807, 2.05) is 65.9 Å². The van der Waals surface area contributed by atoms with Crippen molar-refractivity contribution in [2.75, 3.05) is 0 Å². The van der Waals surface area contributed by atoms with Crippen LogP contribution in [-0.2, 0) is 0 Å². The fourth-order valence-electron chi connectivity index (χ4n) is 8.28. The molecule has 266 valence electrons. The van der Waals surface area contributed by atoms with Gasteiger partial charge in [0.15, 0.2) is 17.5 Å². The second kappa shape index (κ2) is 12.6. The highest BCUT2D eigenvalue weighted by molar-refractivity contribution is 7.26. The number of benzene rings is 8. The van der Waals surface area contributed by atoms with E-state index in [0.29, 0.717) is 17.5 Å². The van der Waals surface area contributed by atoms with Crippen LogP contribution in [0.2, 0.25) is 0 Å². The number of thiophene rings is 1. The molecule has 4 heterocycles. The topological polar surface area (TPSA) is 65.0 Å². The zero-order chi connectivity index (χ0) is 37.5. The van der Waals surface area contributed by atoms with E-state index in [0.717, 1.165) is 71.7 Å². The predicted octanol–water partition coefficient (Wildman–Crippen LogP) is 14.4. The van der Waals surface area contributed by atoms with Crippen LogP contribution in [0.1, 0.15) is 0 Å². The van der Waals surface area contributed by atoms with E-state index in [1.165, 1.54) is 31.3 Å². The average molecular weight is 748 g/mol. The highest BCUT2D eigenvalue weighted by atomic mass is 32.1. The Morgan fingerprint density at radius 2 is 0.860 bits per heavy atom. The van der Waals surface area contributed by atoms with Crippen LogP contribution >= 0.6 is 11.3 Å². The second-order valence-corrected chi connectivity index (χ2v) is 15.4. The number of rotatable bonds is 5. The Labute approximate surface area is 330 Å². The Bertz CT molecular complexity index is 3540. The van der Waals surface area contributed by atoms with Gasteiger partial charge in [0, 0.05) is 69.5 Å². The molecule has 0 saturated carbocycles. The molecule has 0 fully saturated rings. The predicted molar refractivity (Wildman–Crippen MR) is 234 cm³/mol. The van der Waals surface area contributed by atoms with Gasteiger partial charge < -0.3 is 8.83 Å². The first-order chi connectivity index (χ1) is 28.2. The van der Waals surface area contributed by atoms with Crippen LogP contribution in [0.4, 0.5) is 0 Å². The lowest BCUT2D eigenvalue weighted by Gasteiger charge is -2.11. The minimum absolute atomic E-state index is 0.563. The van der Waals surface area contributed by atoms with Gasteiger partial charge in [-0.05, 0) is 47.5 Å². The minimum atomic E-state index is 0.563. The Morgan fingerprint density at radius 1 is 0.333 bits per heavy atom. The van der Waals surface area contributed by atoms with Crippen molar-refractivity contribution in [2.24, 2.45) is 0 Å². The lowest BCUT2D eigenvalue weighted by molar-refractivity contribution is 0.669. The van der Waals surface area contributed by atoms with Gasteiger partial charge in [0.05, 0.1) is 0 Å². The normalized spacial score (nSPS) is 11.9. The van der Waals surface area contributed by atoms with Crippen molar-refractivity contribution >= 4 is 75.4 Å². The van der Waals surface area contributed by atoms with E-state index in [2.05, 4.69) is 121 Å². The zero-order valence-electron chi connectivity index (χ0n) is 30.3. The molecule has 0 atom stereocenters. The van der Waals surface area contributed by atoms with Gasteiger partial charge in [0.2, 0.25) is 0 Å². The van der Waals surface area contributed by atoms with Crippen LogP contribution in [0, 0.1) is 0 Å². The summed E-state index contributed by atoms with van der Waals surface area (Å²) in [6, 6.07) is 60.9. The number of aromatic nitrogens is 3. The Balaban J connectivity index is 1.00. The Hall–Kier alpha value is -7.41. The molecular weight excluding hydrogens is 719 g/mol. The highest BCUT2D eigenvalue weighted by Crippen LogP contribution is 2.45. The highest BCUT2D eigenvalue weighted by Gasteiger charge is 2.20. The van der Waals surface area contributed by atoms with Crippen molar-refractivity contribution in [2.45, 2.75) is 0 Å². The lowest BCUT2D eigenvalue weighted by Crippen LogP contribution is -2.00. The fraction of sp³-hybridized carbons (Fsp3) is 0. The molecule has 8 aromatic carbocycles. The molecule has 5 nitrogen and oxygen atoms in total. The van der Waals surface area contributed by atoms with Crippen molar-refractivity contribution in [3.63, 3.8) is 0 Å². The van der Waals surface area contributed by atoms with E-state index < -0.39 is 0 Å². The van der Waals surface area contributed by atoms with Crippen molar-refractivity contribution in [1.29, 1.82) is 0 Å². The average Bonchev–Trinajstić information content (AvgIpc) is 3.97. The fourth-order valence-corrected chi connectivity index (χ4v) is 9.51. The van der Waals surface area contributed by atoms with Crippen molar-refractivity contribution in [3.05, 3.63) is 176 Å².